The van der Waals surface area contributed by atoms with Crippen LogP contribution < -0.4 is 0 Å². The quantitative estimate of drug-likeness (QED) is 0.683. The summed E-state index contributed by atoms with van der Waals surface area (Å²) in [7, 11) is 1.86. The molecule has 0 radical (unpaired) electrons. The summed E-state index contributed by atoms with van der Waals surface area (Å²) in [4.78, 5) is 13.2. The van der Waals surface area contributed by atoms with Crippen LogP contribution in [-0.2, 0) is 16.6 Å². The van der Waals surface area contributed by atoms with E-state index in [1.807, 2.05) is 13.2 Å². The van der Waals surface area contributed by atoms with Crippen LogP contribution in [0.1, 0.15) is 11.7 Å². The molecule has 1 atom stereocenters. The number of rotatable bonds is 2. The van der Waals surface area contributed by atoms with Gasteiger partial charge in [-0.1, -0.05) is 6.58 Å². The number of nitrogens with zero attached hydrogens (tertiary/aromatic N) is 3. The van der Waals surface area contributed by atoms with E-state index in [0.717, 1.165) is 5.56 Å². The van der Waals surface area contributed by atoms with Crippen molar-refractivity contribution in [2.24, 2.45) is 7.05 Å². The van der Waals surface area contributed by atoms with Gasteiger partial charge in [-0.15, -0.1) is 0 Å². The zero-order valence-corrected chi connectivity index (χ0v) is 9.30. The molecule has 1 aliphatic heterocycles. The van der Waals surface area contributed by atoms with Crippen molar-refractivity contribution in [1.29, 1.82) is 0 Å². The number of hydrogen-bond donors (Lipinski definition) is 0. The second kappa shape index (κ2) is 4.49. The van der Waals surface area contributed by atoms with E-state index >= 15 is 0 Å². The van der Waals surface area contributed by atoms with Gasteiger partial charge in [-0.2, -0.15) is 5.10 Å². The molecule has 86 valence electrons. The second-order valence-corrected chi connectivity index (χ2v) is 3.80. The maximum Gasteiger partial charge on any atom is 0.246 e. The Balaban J connectivity index is 2.07. The largest absolute Gasteiger partial charge is 0.370 e. The Labute approximate surface area is 94.3 Å². The maximum atomic E-state index is 11.5. The molecule has 5 nitrogen and oxygen atoms in total. The first kappa shape index (κ1) is 10.9. The van der Waals surface area contributed by atoms with Gasteiger partial charge in [0, 0.05) is 25.4 Å². The molecule has 0 spiro atoms. The van der Waals surface area contributed by atoms with Crippen LogP contribution in [0.4, 0.5) is 0 Å². The van der Waals surface area contributed by atoms with Gasteiger partial charge in [-0.05, 0) is 6.08 Å². The van der Waals surface area contributed by atoms with Gasteiger partial charge in [-0.3, -0.25) is 9.48 Å². The molecule has 5 heteroatoms. The van der Waals surface area contributed by atoms with Crippen LogP contribution in [0, 0.1) is 0 Å². The minimum atomic E-state index is -0.0775. The third-order valence-corrected chi connectivity index (χ3v) is 2.65. The van der Waals surface area contributed by atoms with Crippen molar-refractivity contribution >= 4 is 5.91 Å². The summed E-state index contributed by atoms with van der Waals surface area (Å²) in [6.07, 6.45) is 4.94. The third-order valence-electron chi connectivity index (χ3n) is 2.65. The predicted molar refractivity (Wildman–Crippen MR) is 58.7 cm³/mol. The lowest BCUT2D eigenvalue weighted by Gasteiger charge is -2.31. The number of ether oxygens (including phenoxy) is 1. The first-order valence-corrected chi connectivity index (χ1v) is 5.22. The lowest BCUT2D eigenvalue weighted by Crippen LogP contribution is -2.41. The number of aromatic nitrogens is 2. The van der Waals surface area contributed by atoms with Crippen LogP contribution in [0.3, 0.4) is 0 Å². The predicted octanol–water partition coefficient (Wildman–Crippen LogP) is 0.506. The highest BCUT2D eigenvalue weighted by Gasteiger charge is 2.24. The van der Waals surface area contributed by atoms with Gasteiger partial charge in [0.25, 0.3) is 0 Å². The Kier molecular flexibility index (Phi) is 3.05. The molecule has 2 heterocycles. The summed E-state index contributed by atoms with van der Waals surface area (Å²) in [5, 5.41) is 4.09. The van der Waals surface area contributed by atoms with Gasteiger partial charge < -0.3 is 9.64 Å². The van der Waals surface area contributed by atoms with Gasteiger partial charge in [0.15, 0.2) is 0 Å². The molecular formula is C11H15N3O2. The SMILES string of the molecule is C=CC(=O)N1CCOC(c2cnn(C)c2)C1. The van der Waals surface area contributed by atoms with Crippen LogP contribution in [-0.4, -0.2) is 40.3 Å². The third kappa shape index (κ3) is 2.14. The number of amides is 1. The normalized spacial score (nSPS) is 20.8. The standard InChI is InChI=1S/C11H15N3O2/c1-3-11(15)14-4-5-16-10(8-14)9-6-12-13(2)7-9/h3,6-7,10H,1,4-5,8H2,2H3. The first-order valence-electron chi connectivity index (χ1n) is 5.22. The van der Waals surface area contributed by atoms with Crippen LogP contribution in [0.15, 0.2) is 25.0 Å². The van der Waals surface area contributed by atoms with Gasteiger partial charge in [-0.25, -0.2) is 0 Å². The number of hydrogen-bond acceptors (Lipinski definition) is 3. The van der Waals surface area contributed by atoms with Crippen molar-refractivity contribution in [3.63, 3.8) is 0 Å². The highest BCUT2D eigenvalue weighted by molar-refractivity contribution is 5.87. The summed E-state index contributed by atoms with van der Waals surface area (Å²) in [6, 6.07) is 0. The van der Waals surface area contributed by atoms with Crippen LogP contribution in [0.2, 0.25) is 0 Å². The smallest absolute Gasteiger partial charge is 0.246 e. The topological polar surface area (TPSA) is 47.4 Å². The number of carbonyl (C=O) groups excluding carboxylic acids is 1. The Morgan fingerprint density at radius 1 is 1.75 bits per heavy atom. The fourth-order valence-corrected chi connectivity index (χ4v) is 1.79. The zero-order valence-electron chi connectivity index (χ0n) is 9.30. The lowest BCUT2D eigenvalue weighted by molar-refractivity contribution is -0.133. The molecular weight excluding hydrogens is 206 g/mol. The molecule has 1 aromatic heterocycles. The molecule has 1 amide bonds. The maximum absolute atomic E-state index is 11.5. The highest BCUT2D eigenvalue weighted by Crippen LogP contribution is 2.21. The summed E-state index contributed by atoms with van der Waals surface area (Å²) < 4.78 is 7.35. The fourth-order valence-electron chi connectivity index (χ4n) is 1.79. The zero-order chi connectivity index (χ0) is 11.5. The van der Waals surface area contributed by atoms with Crippen LogP contribution in [0.5, 0.6) is 0 Å². The summed E-state index contributed by atoms with van der Waals surface area (Å²) >= 11 is 0. The number of carbonyl (C=O) groups is 1. The summed E-state index contributed by atoms with van der Waals surface area (Å²) in [5.41, 5.74) is 1.00. The van der Waals surface area contributed by atoms with E-state index in [4.69, 9.17) is 4.74 Å². The monoisotopic (exact) mass is 221 g/mol. The summed E-state index contributed by atoms with van der Waals surface area (Å²) in [5.74, 6) is -0.0443. The van der Waals surface area contributed by atoms with Gasteiger partial charge in [0.05, 0.1) is 19.3 Å². The Morgan fingerprint density at radius 2 is 2.56 bits per heavy atom. The molecule has 2 rings (SSSR count). The molecule has 16 heavy (non-hydrogen) atoms. The molecule has 0 bridgehead atoms. The van der Waals surface area contributed by atoms with E-state index < -0.39 is 0 Å². The Hall–Kier alpha value is -1.62. The van der Waals surface area contributed by atoms with E-state index in [-0.39, 0.29) is 12.0 Å². The number of aryl methyl sites for hydroxylation is 1. The van der Waals surface area contributed by atoms with Crippen molar-refractivity contribution in [2.75, 3.05) is 19.7 Å². The average molecular weight is 221 g/mol. The minimum absolute atomic E-state index is 0.0443. The van der Waals surface area contributed by atoms with E-state index in [9.17, 15) is 4.79 Å². The van der Waals surface area contributed by atoms with E-state index in [1.54, 1.807) is 15.8 Å². The molecule has 1 aliphatic rings. The van der Waals surface area contributed by atoms with E-state index in [2.05, 4.69) is 11.7 Å². The van der Waals surface area contributed by atoms with Crippen molar-refractivity contribution < 1.29 is 9.53 Å². The average Bonchev–Trinajstić information content (AvgIpc) is 2.75. The van der Waals surface area contributed by atoms with Crippen molar-refractivity contribution in [3.05, 3.63) is 30.6 Å². The van der Waals surface area contributed by atoms with Crippen molar-refractivity contribution in [3.8, 4) is 0 Å². The fraction of sp³-hybridized carbons (Fsp3) is 0.455. The first-order chi connectivity index (χ1) is 7.70. The molecule has 1 fully saturated rings. The van der Waals surface area contributed by atoms with Crippen LogP contribution in [0.25, 0.3) is 0 Å². The highest BCUT2D eigenvalue weighted by atomic mass is 16.5. The van der Waals surface area contributed by atoms with Crippen molar-refractivity contribution in [2.45, 2.75) is 6.10 Å². The van der Waals surface area contributed by atoms with Gasteiger partial charge in [0.1, 0.15) is 6.10 Å². The van der Waals surface area contributed by atoms with E-state index in [1.165, 1.54) is 6.08 Å². The molecule has 0 saturated carbocycles. The molecule has 1 aromatic rings. The van der Waals surface area contributed by atoms with Gasteiger partial charge in [0.2, 0.25) is 5.91 Å². The second-order valence-electron chi connectivity index (χ2n) is 3.80. The van der Waals surface area contributed by atoms with Gasteiger partial charge >= 0.3 is 0 Å². The van der Waals surface area contributed by atoms with Crippen LogP contribution >= 0.6 is 0 Å². The molecule has 1 saturated heterocycles. The summed E-state index contributed by atoms with van der Waals surface area (Å²) in [6.45, 7) is 5.24. The Morgan fingerprint density at radius 3 is 3.19 bits per heavy atom. The molecule has 0 N–H and O–H groups in total. The lowest BCUT2D eigenvalue weighted by atomic mass is 10.1. The minimum Gasteiger partial charge on any atom is -0.370 e. The Bertz CT molecular complexity index is 400. The molecule has 0 aliphatic carbocycles. The molecule has 1 unspecified atom stereocenters. The van der Waals surface area contributed by atoms with Crippen molar-refractivity contribution in [1.82, 2.24) is 14.7 Å². The molecule has 0 aromatic carbocycles. The number of morpholine rings is 1. The van der Waals surface area contributed by atoms with E-state index in [0.29, 0.717) is 19.7 Å².